The van der Waals surface area contributed by atoms with Crippen molar-refractivity contribution in [2.45, 2.75) is 39.8 Å². The molecule has 0 aromatic carbocycles. The molecule has 17 heteroatoms. The molecule has 2 aromatic rings. The van der Waals surface area contributed by atoms with E-state index in [1.807, 2.05) is 4.72 Å². The van der Waals surface area contributed by atoms with Crippen LogP contribution in [0.2, 0.25) is 0 Å². The third-order valence-corrected chi connectivity index (χ3v) is 5.99. The van der Waals surface area contributed by atoms with E-state index >= 15 is 0 Å². The molecule has 3 rings (SSSR count). The Balaban J connectivity index is 1.60. The summed E-state index contributed by atoms with van der Waals surface area (Å²) in [7, 11) is -4.41. The number of carbonyl (C=O) groups excluding carboxylic acids is 3. The van der Waals surface area contributed by atoms with Gasteiger partial charge in [-0.3, -0.25) is 14.5 Å². The van der Waals surface area contributed by atoms with E-state index in [1.165, 1.54) is 5.38 Å². The van der Waals surface area contributed by atoms with Gasteiger partial charge in [0.25, 0.3) is 11.8 Å². The van der Waals surface area contributed by atoms with Gasteiger partial charge in [0.2, 0.25) is 5.88 Å². The number of aryl methyl sites for hydroxylation is 1. The highest BCUT2D eigenvalue weighted by Crippen LogP contribution is 2.19. The molecule has 184 valence electrons. The summed E-state index contributed by atoms with van der Waals surface area (Å²) < 4.78 is 32.9. The maximum Gasteiger partial charge on any atom is 0.339 e. The largest absolute Gasteiger partial charge is 0.392 e. The van der Waals surface area contributed by atoms with Gasteiger partial charge in [0, 0.05) is 10.9 Å². The summed E-state index contributed by atoms with van der Waals surface area (Å²) in [5.74, 6) is -1.78. The topological polar surface area (TPSA) is 211 Å². The molecule has 5 N–H and O–H groups in total. The second-order valence-electron chi connectivity index (χ2n) is 7.37. The van der Waals surface area contributed by atoms with E-state index < -0.39 is 34.1 Å². The van der Waals surface area contributed by atoms with Crippen LogP contribution in [-0.2, 0) is 24.6 Å². The molecule has 0 radical (unpaired) electrons. The Hall–Kier alpha value is -3.73. The first-order valence-electron chi connectivity index (χ1n) is 9.72. The summed E-state index contributed by atoms with van der Waals surface area (Å²) in [6, 6.07) is -2.30. The van der Waals surface area contributed by atoms with Crippen molar-refractivity contribution in [1.29, 1.82) is 0 Å². The first kappa shape index (κ1) is 24.9. The number of nitrogens with zero attached hydrogens (tertiary/aromatic N) is 4. The van der Waals surface area contributed by atoms with Crippen LogP contribution in [-0.4, -0.2) is 65.7 Å². The lowest BCUT2D eigenvalue weighted by atomic mass is 10.1. The van der Waals surface area contributed by atoms with Crippen LogP contribution >= 0.6 is 11.3 Å². The number of hydrogen-bond acceptors (Lipinski definition) is 12. The van der Waals surface area contributed by atoms with Gasteiger partial charge in [0.1, 0.15) is 17.8 Å². The number of oxime groups is 1. The first-order chi connectivity index (χ1) is 15.9. The van der Waals surface area contributed by atoms with E-state index in [0.717, 1.165) is 11.3 Å². The highest BCUT2D eigenvalue weighted by molar-refractivity contribution is 7.91. The molecule has 2 aromatic heterocycles. The summed E-state index contributed by atoms with van der Waals surface area (Å²) in [6.07, 6.45) is -0.330. The number of carbonyl (C=O) groups is 3. The number of urea groups is 1. The van der Waals surface area contributed by atoms with Crippen LogP contribution in [0.25, 0.3) is 0 Å². The molecule has 1 fully saturated rings. The van der Waals surface area contributed by atoms with Gasteiger partial charge >= 0.3 is 16.2 Å². The van der Waals surface area contributed by atoms with Gasteiger partial charge in [-0.15, -0.1) is 11.3 Å². The van der Waals surface area contributed by atoms with E-state index in [4.69, 9.17) is 15.1 Å². The number of likely N-dealkylation sites (tertiary alicyclic amines) is 1. The zero-order valence-corrected chi connectivity index (χ0v) is 20.1. The number of nitrogen functional groups attached to an aromatic ring is 1. The van der Waals surface area contributed by atoms with Crippen LogP contribution in [0.1, 0.15) is 30.8 Å². The van der Waals surface area contributed by atoms with Crippen molar-refractivity contribution >= 4 is 56.1 Å². The summed E-state index contributed by atoms with van der Waals surface area (Å²) >= 11 is 1.08. The Morgan fingerprint density at radius 2 is 2.09 bits per heavy atom. The van der Waals surface area contributed by atoms with Crippen LogP contribution in [0, 0.1) is 13.8 Å². The molecule has 4 amide bonds. The normalized spacial score (nSPS) is 16.3. The zero-order chi connectivity index (χ0) is 25.2. The number of thiazole rings is 1. The molecule has 0 unspecified atom stereocenters. The Kier molecular flexibility index (Phi) is 7.06. The van der Waals surface area contributed by atoms with E-state index in [0.29, 0.717) is 16.2 Å². The third kappa shape index (κ3) is 5.60. The van der Waals surface area contributed by atoms with Crippen LogP contribution in [0.3, 0.4) is 0 Å². The van der Waals surface area contributed by atoms with Crippen molar-refractivity contribution in [1.82, 2.24) is 25.1 Å². The zero-order valence-electron chi connectivity index (χ0n) is 18.5. The number of anilines is 2. The molecule has 0 spiro atoms. The molecular weight excluding hydrogens is 492 g/mol. The highest BCUT2D eigenvalue weighted by Gasteiger charge is 2.43. The lowest BCUT2D eigenvalue weighted by Gasteiger charge is -2.36. The average Bonchev–Trinajstić information content (AvgIpc) is 3.30. The molecular formula is C17H22N8O7S2. The lowest BCUT2D eigenvalue weighted by Crippen LogP contribution is -2.68. The van der Waals surface area contributed by atoms with Gasteiger partial charge in [-0.1, -0.05) is 10.3 Å². The molecule has 1 saturated heterocycles. The van der Waals surface area contributed by atoms with Crippen LogP contribution < -0.4 is 20.5 Å². The molecule has 0 bridgehead atoms. The number of nitrogens with two attached hydrogens (primary N) is 1. The first-order valence-corrected chi connectivity index (χ1v) is 12.1. The smallest absolute Gasteiger partial charge is 0.339 e. The SMILES string of the molecule is Cc1noc(NS(=O)(=O)NC(=O)N2C[C@H](NC(=O)/C(=N\OC(C)C)c3csc(N)n3)C2=O)c1C. The molecule has 0 saturated carbocycles. The Labute approximate surface area is 197 Å². The Morgan fingerprint density at radius 1 is 1.38 bits per heavy atom. The van der Waals surface area contributed by atoms with E-state index in [1.54, 1.807) is 32.4 Å². The fraction of sp³-hybridized carbons (Fsp3) is 0.412. The summed E-state index contributed by atoms with van der Waals surface area (Å²) in [4.78, 5) is 47.0. The number of imide groups is 1. The monoisotopic (exact) mass is 514 g/mol. The average molecular weight is 515 g/mol. The predicted octanol–water partition coefficient (Wildman–Crippen LogP) is -0.147. The maximum atomic E-state index is 12.7. The molecule has 1 aliphatic heterocycles. The van der Waals surface area contributed by atoms with Crippen molar-refractivity contribution in [2.24, 2.45) is 5.16 Å². The second kappa shape index (κ2) is 9.64. The van der Waals surface area contributed by atoms with Gasteiger partial charge in [0.05, 0.1) is 12.2 Å². The number of rotatable bonds is 8. The van der Waals surface area contributed by atoms with Crippen molar-refractivity contribution in [3.8, 4) is 0 Å². The number of amides is 4. The molecule has 1 atom stereocenters. The van der Waals surface area contributed by atoms with Crippen molar-refractivity contribution < 1.29 is 32.2 Å². The third-order valence-electron chi connectivity index (χ3n) is 4.42. The lowest BCUT2D eigenvalue weighted by molar-refractivity contribution is -0.141. The summed E-state index contributed by atoms with van der Waals surface area (Å²) in [6.45, 7) is 6.31. The van der Waals surface area contributed by atoms with Gasteiger partial charge in [-0.05, 0) is 27.7 Å². The molecule has 0 aliphatic carbocycles. The Bertz CT molecular complexity index is 1250. The van der Waals surface area contributed by atoms with Crippen LogP contribution in [0.4, 0.5) is 15.8 Å². The highest BCUT2D eigenvalue weighted by atomic mass is 32.2. The summed E-state index contributed by atoms with van der Waals surface area (Å²) in [5.41, 5.74) is 6.44. The summed E-state index contributed by atoms with van der Waals surface area (Å²) in [5, 5.41) is 11.5. The van der Waals surface area contributed by atoms with Crippen LogP contribution in [0.5, 0.6) is 0 Å². The van der Waals surface area contributed by atoms with Crippen molar-refractivity contribution in [2.75, 3.05) is 17.0 Å². The van der Waals surface area contributed by atoms with Crippen LogP contribution in [0.15, 0.2) is 15.1 Å². The van der Waals surface area contributed by atoms with Gasteiger partial charge in [-0.2, -0.15) is 8.42 Å². The quantitative estimate of drug-likeness (QED) is 0.208. The molecule has 3 heterocycles. The number of hydrogen-bond donors (Lipinski definition) is 4. The standard InChI is InChI=1S/C17H22N8O7S2/c1-7(2)31-22-12(11-6-33-16(18)20-11)13(26)19-10-5-25(15(10)27)17(28)24-34(29,30)23-14-8(3)9(4)21-32-14/h6-7,10,23H,5H2,1-4H3,(H2,18,20)(H,19,26)(H,24,28)/b22-12-/t10-/m0/s1. The van der Waals surface area contributed by atoms with Crippen molar-refractivity contribution in [3.05, 3.63) is 22.3 Å². The fourth-order valence-electron chi connectivity index (χ4n) is 2.53. The van der Waals surface area contributed by atoms with Gasteiger partial charge < -0.3 is 20.4 Å². The minimum Gasteiger partial charge on any atom is -0.392 e. The van der Waals surface area contributed by atoms with Gasteiger partial charge in [0.15, 0.2) is 10.8 Å². The predicted molar refractivity (Wildman–Crippen MR) is 120 cm³/mol. The van der Waals surface area contributed by atoms with E-state index in [9.17, 15) is 22.8 Å². The number of β-lactam (4-membered cyclic amide) rings is 1. The van der Waals surface area contributed by atoms with E-state index in [-0.39, 0.29) is 35.1 Å². The Morgan fingerprint density at radius 3 is 2.62 bits per heavy atom. The van der Waals surface area contributed by atoms with Gasteiger partial charge in [-0.25, -0.2) is 19.2 Å². The minimum atomic E-state index is -4.41. The fourth-order valence-corrected chi connectivity index (χ4v) is 3.90. The molecule has 15 nitrogen and oxygen atoms in total. The number of aromatic nitrogens is 2. The maximum absolute atomic E-state index is 12.7. The number of nitrogens with one attached hydrogen (secondary N) is 3. The minimum absolute atomic E-state index is 0.150. The second-order valence-corrected chi connectivity index (χ2v) is 9.68. The molecule has 34 heavy (non-hydrogen) atoms. The molecule has 1 aliphatic rings. The van der Waals surface area contributed by atoms with E-state index in [2.05, 4.69) is 20.6 Å². The van der Waals surface area contributed by atoms with Crippen molar-refractivity contribution in [3.63, 3.8) is 0 Å².